The third-order valence-electron chi connectivity index (χ3n) is 3.00. The number of nitrogens with zero attached hydrogens (tertiary/aromatic N) is 1. The minimum absolute atomic E-state index is 0.00637. The van der Waals surface area contributed by atoms with Crippen molar-refractivity contribution < 1.29 is 9.53 Å². The van der Waals surface area contributed by atoms with Crippen LogP contribution in [0.4, 0.5) is 0 Å². The molecule has 1 aliphatic carbocycles. The Hall–Kier alpha value is -1.10. The number of hydrogen-bond acceptors (Lipinski definition) is 4. The summed E-state index contributed by atoms with van der Waals surface area (Å²) in [6.07, 6.45) is 4.09. The molecule has 0 saturated heterocycles. The third kappa shape index (κ3) is 4.78. The van der Waals surface area contributed by atoms with Crippen LogP contribution in [0.5, 0.6) is 0 Å². The van der Waals surface area contributed by atoms with Gasteiger partial charge >= 0.3 is 5.97 Å². The second kappa shape index (κ2) is 7.07. The number of aromatic nitrogens is 1. The molecule has 0 spiro atoms. The maximum atomic E-state index is 11.2. The molecule has 20 heavy (non-hydrogen) atoms. The van der Waals surface area contributed by atoms with Crippen LogP contribution in [0, 0.1) is 0 Å². The van der Waals surface area contributed by atoms with Crippen molar-refractivity contribution >= 4 is 29.2 Å². The Morgan fingerprint density at radius 2 is 2.30 bits per heavy atom. The number of ether oxygens (including phenoxy) is 1. The molecular weight excluding hydrogens is 299 g/mol. The molecule has 1 unspecified atom stereocenters. The van der Waals surface area contributed by atoms with Crippen LogP contribution in [0.1, 0.15) is 18.4 Å². The van der Waals surface area contributed by atoms with E-state index in [0.717, 1.165) is 24.5 Å². The summed E-state index contributed by atoms with van der Waals surface area (Å²) in [5.41, 5.74) is 0.879. The second-order valence-electron chi connectivity index (χ2n) is 4.76. The fourth-order valence-electron chi connectivity index (χ4n) is 1.85. The van der Waals surface area contributed by atoms with Crippen molar-refractivity contribution in [2.75, 3.05) is 6.61 Å². The second-order valence-corrected chi connectivity index (χ2v) is 5.51. The molecular formula is C14H16Cl2N2O2. The number of esters is 1. The van der Waals surface area contributed by atoms with Crippen molar-refractivity contribution in [1.82, 2.24) is 10.3 Å². The molecule has 0 aromatic carbocycles. The molecule has 108 valence electrons. The van der Waals surface area contributed by atoms with Crippen molar-refractivity contribution in [3.8, 4) is 0 Å². The van der Waals surface area contributed by atoms with Crippen LogP contribution in [0.2, 0.25) is 10.3 Å². The van der Waals surface area contributed by atoms with Gasteiger partial charge in [-0.1, -0.05) is 35.8 Å². The van der Waals surface area contributed by atoms with Crippen LogP contribution >= 0.6 is 23.2 Å². The fourth-order valence-corrected chi connectivity index (χ4v) is 2.27. The Labute approximate surface area is 128 Å². The molecule has 1 fully saturated rings. The van der Waals surface area contributed by atoms with Crippen LogP contribution in [0.15, 0.2) is 24.8 Å². The van der Waals surface area contributed by atoms with Gasteiger partial charge in [-0.15, -0.1) is 0 Å². The van der Waals surface area contributed by atoms with Gasteiger partial charge in [0, 0.05) is 18.2 Å². The number of nitrogens with one attached hydrogen (secondary N) is 1. The van der Waals surface area contributed by atoms with Gasteiger partial charge in [0.2, 0.25) is 0 Å². The van der Waals surface area contributed by atoms with Crippen LogP contribution in [0.25, 0.3) is 0 Å². The summed E-state index contributed by atoms with van der Waals surface area (Å²) < 4.78 is 5.11. The number of hydrogen-bond donors (Lipinski definition) is 1. The third-order valence-corrected chi connectivity index (χ3v) is 3.54. The highest BCUT2D eigenvalue weighted by molar-refractivity contribution is 6.32. The number of carbonyl (C=O) groups excluding carboxylic acids is 1. The average molecular weight is 315 g/mol. The van der Waals surface area contributed by atoms with Crippen molar-refractivity contribution in [3.05, 3.63) is 40.7 Å². The Balaban J connectivity index is 1.98. The van der Waals surface area contributed by atoms with E-state index in [-0.39, 0.29) is 12.6 Å². The first kappa shape index (κ1) is 15.3. The highest BCUT2D eigenvalue weighted by Crippen LogP contribution is 2.22. The summed E-state index contributed by atoms with van der Waals surface area (Å²) in [6.45, 7) is 3.66. The smallest absolute Gasteiger partial charge is 0.330 e. The highest BCUT2D eigenvalue weighted by atomic mass is 35.5. The van der Waals surface area contributed by atoms with E-state index in [4.69, 9.17) is 27.9 Å². The van der Waals surface area contributed by atoms with E-state index in [1.165, 1.54) is 0 Å². The topological polar surface area (TPSA) is 51.2 Å². The van der Waals surface area contributed by atoms with Crippen molar-refractivity contribution in [1.29, 1.82) is 0 Å². The highest BCUT2D eigenvalue weighted by Gasteiger charge is 2.25. The molecule has 1 aromatic rings. The molecule has 1 aliphatic rings. The lowest BCUT2D eigenvalue weighted by molar-refractivity contribution is -0.138. The number of rotatable bonds is 7. The molecule has 0 bridgehead atoms. The van der Waals surface area contributed by atoms with E-state index in [1.54, 1.807) is 6.07 Å². The SMILES string of the molecule is C=CC(=O)OCC(Cc1ccc(Cl)nc1Cl)NC1CC1. The molecule has 0 amide bonds. The zero-order valence-corrected chi connectivity index (χ0v) is 12.5. The molecule has 2 rings (SSSR count). The quantitative estimate of drug-likeness (QED) is 0.477. The van der Waals surface area contributed by atoms with Gasteiger partial charge in [0.25, 0.3) is 0 Å². The average Bonchev–Trinajstić information content (AvgIpc) is 3.22. The zero-order chi connectivity index (χ0) is 14.5. The molecule has 1 saturated carbocycles. The lowest BCUT2D eigenvalue weighted by Gasteiger charge is -2.18. The van der Waals surface area contributed by atoms with Gasteiger partial charge < -0.3 is 10.1 Å². The monoisotopic (exact) mass is 314 g/mol. The molecule has 0 aliphatic heterocycles. The Morgan fingerprint density at radius 1 is 1.55 bits per heavy atom. The zero-order valence-electron chi connectivity index (χ0n) is 10.9. The lowest BCUT2D eigenvalue weighted by Crippen LogP contribution is -2.37. The normalized spacial score (nSPS) is 15.7. The lowest BCUT2D eigenvalue weighted by atomic mass is 10.1. The van der Waals surface area contributed by atoms with Gasteiger partial charge in [-0.3, -0.25) is 0 Å². The van der Waals surface area contributed by atoms with E-state index in [1.807, 2.05) is 6.07 Å². The maximum absolute atomic E-state index is 11.2. The van der Waals surface area contributed by atoms with Crippen LogP contribution in [-0.4, -0.2) is 29.6 Å². The maximum Gasteiger partial charge on any atom is 0.330 e. The van der Waals surface area contributed by atoms with Crippen molar-refractivity contribution in [2.45, 2.75) is 31.3 Å². The summed E-state index contributed by atoms with van der Waals surface area (Å²) in [4.78, 5) is 15.2. The molecule has 1 heterocycles. The van der Waals surface area contributed by atoms with E-state index in [2.05, 4.69) is 16.9 Å². The summed E-state index contributed by atoms with van der Waals surface area (Å²) in [5, 5.41) is 4.18. The first-order chi connectivity index (χ1) is 9.58. The van der Waals surface area contributed by atoms with Crippen LogP contribution < -0.4 is 5.32 Å². The molecule has 1 aromatic heterocycles. The van der Waals surface area contributed by atoms with E-state index in [9.17, 15) is 4.79 Å². The predicted molar refractivity (Wildman–Crippen MR) is 79.1 cm³/mol. The molecule has 6 heteroatoms. The minimum atomic E-state index is -0.423. The predicted octanol–water partition coefficient (Wildman–Crippen LogP) is 2.78. The van der Waals surface area contributed by atoms with Crippen LogP contribution in [0.3, 0.4) is 0 Å². The molecule has 1 atom stereocenters. The van der Waals surface area contributed by atoms with Gasteiger partial charge in [0.05, 0.1) is 0 Å². The van der Waals surface area contributed by atoms with Gasteiger partial charge in [0.15, 0.2) is 0 Å². The van der Waals surface area contributed by atoms with Crippen molar-refractivity contribution in [3.63, 3.8) is 0 Å². The largest absolute Gasteiger partial charge is 0.461 e. The summed E-state index contributed by atoms with van der Waals surface area (Å²) in [5.74, 6) is -0.423. The standard InChI is InChI=1S/C14H16Cl2N2O2/c1-2-13(19)20-8-11(17-10-4-5-10)7-9-3-6-12(15)18-14(9)16/h2-3,6,10-11,17H,1,4-5,7-8H2. The van der Waals surface area contributed by atoms with Gasteiger partial charge in [-0.2, -0.15) is 0 Å². The van der Waals surface area contributed by atoms with Crippen LogP contribution in [-0.2, 0) is 16.0 Å². The van der Waals surface area contributed by atoms with E-state index >= 15 is 0 Å². The Bertz CT molecular complexity index is 504. The summed E-state index contributed by atoms with van der Waals surface area (Å²) in [7, 11) is 0. The number of carbonyl (C=O) groups is 1. The first-order valence-electron chi connectivity index (χ1n) is 6.44. The molecule has 1 N–H and O–H groups in total. The summed E-state index contributed by atoms with van der Waals surface area (Å²) in [6, 6.07) is 4.05. The van der Waals surface area contributed by atoms with Gasteiger partial charge in [0.1, 0.15) is 16.9 Å². The first-order valence-corrected chi connectivity index (χ1v) is 7.20. The van der Waals surface area contributed by atoms with Crippen molar-refractivity contribution in [2.24, 2.45) is 0 Å². The number of pyridine rings is 1. The number of halogens is 2. The fraction of sp³-hybridized carbons (Fsp3) is 0.429. The molecule has 0 radical (unpaired) electrons. The Kier molecular flexibility index (Phi) is 5.40. The van der Waals surface area contributed by atoms with Gasteiger partial charge in [-0.25, -0.2) is 9.78 Å². The summed E-state index contributed by atoms with van der Waals surface area (Å²) >= 11 is 11.8. The van der Waals surface area contributed by atoms with E-state index in [0.29, 0.717) is 22.8 Å². The van der Waals surface area contributed by atoms with Gasteiger partial charge in [-0.05, 0) is 30.9 Å². The van der Waals surface area contributed by atoms with E-state index < -0.39 is 5.97 Å². The Morgan fingerprint density at radius 3 is 2.90 bits per heavy atom. The molecule has 4 nitrogen and oxygen atoms in total. The minimum Gasteiger partial charge on any atom is -0.461 e.